The van der Waals surface area contributed by atoms with Crippen LogP contribution >= 0.6 is 8.03 Å². The molecule has 0 amide bonds. The van der Waals surface area contributed by atoms with Gasteiger partial charge in [-0.05, 0) is 47.2 Å². The standard InChI is InChI=1S/C34H33FNO5P/c1-5-31(42(39)40-4)30(37)21-32(38)41-34-28(24-15-17-26(35)18-16-24)20-29(36-33(34)22(2)3)27-14-10-9-13-25(27)19-23-11-7-6-8-12-23/h1,6-18,20,22,30-31,37,42H,19,21H2,2-4H3. The lowest BCUT2D eigenvalue weighted by molar-refractivity contribution is -0.136. The minimum absolute atomic E-state index is 0.165. The maximum Gasteiger partial charge on any atom is 0.313 e. The molecule has 0 radical (unpaired) electrons. The highest BCUT2D eigenvalue weighted by atomic mass is 31.1. The van der Waals surface area contributed by atoms with Crippen LogP contribution in [0, 0.1) is 18.2 Å². The van der Waals surface area contributed by atoms with Crippen LogP contribution in [0.5, 0.6) is 5.75 Å². The number of carbonyl (C=O) groups is 1. The van der Waals surface area contributed by atoms with Gasteiger partial charge in [0.1, 0.15) is 11.5 Å². The van der Waals surface area contributed by atoms with E-state index in [1.807, 2.05) is 56.3 Å². The van der Waals surface area contributed by atoms with Crippen molar-refractivity contribution in [3.8, 4) is 40.5 Å². The lowest BCUT2D eigenvalue weighted by Crippen LogP contribution is -2.27. The molecule has 8 heteroatoms. The Morgan fingerprint density at radius 3 is 2.33 bits per heavy atom. The number of aliphatic hydroxyl groups excluding tert-OH is 1. The number of carbonyl (C=O) groups excluding carboxylic acids is 1. The van der Waals surface area contributed by atoms with Crippen molar-refractivity contribution in [2.75, 3.05) is 7.11 Å². The van der Waals surface area contributed by atoms with E-state index in [1.54, 1.807) is 12.1 Å². The van der Waals surface area contributed by atoms with Crippen molar-refractivity contribution in [2.24, 2.45) is 0 Å². The molecule has 1 aromatic heterocycles. The van der Waals surface area contributed by atoms with Gasteiger partial charge in [0.05, 0.1) is 23.9 Å². The molecule has 3 unspecified atom stereocenters. The maximum atomic E-state index is 13.9. The van der Waals surface area contributed by atoms with Crippen LogP contribution in [-0.2, 0) is 20.3 Å². The average molecular weight is 586 g/mol. The first-order valence-electron chi connectivity index (χ1n) is 13.6. The van der Waals surface area contributed by atoms with Crippen LogP contribution in [0.15, 0.2) is 84.9 Å². The Morgan fingerprint density at radius 2 is 1.69 bits per heavy atom. The molecule has 0 saturated carbocycles. The van der Waals surface area contributed by atoms with E-state index in [-0.39, 0.29) is 11.7 Å². The van der Waals surface area contributed by atoms with Crippen molar-refractivity contribution >= 4 is 14.0 Å². The molecular weight excluding hydrogens is 552 g/mol. The summed E-state index contributed by atoms with van der Waals surface area (Å²) >= 11 is 0. The second-order valence-corrected chi connectivity index (χ2v) is 11.8. The third-order valence-electron chi connectivity index (χ3n) is 6.84. The van der Waals surface area contributed by atoms with E-state index in [0.717, 1.165) is 16.7 Å². The van der Waals surface area contributed by atoms with Crippen molar-refractivity contribution in [1.29, 1.82) is 0 Å². The molecule has 216 valence electrons. The Labute approximate surface area is 246 Å². The molecule has 1 N–H and O–H groups in total. The number of terminal acetylenes is 1. The molecular formula is C34H33FNO5P. The largest absolute Gasteiger partial charge is 0.424 e. The fraction of sp³-hybridized carbons (Fsp3) is 0.235. The Morgan fingerprint density at radius 1 is 1.02 bits per heavy atom. The smallest absolute Gasteiger partial charge is 0.313 e. The van der Waals surface area contributed by atoms with Gasteiger partial charge in [0.2, 0.25) is 8.03 Å². The van der Waals surface area contributed by atoms with Crippen molar-refractivity contribution in [1.82, 2.24) is 4.98 Å². The SMILES string of the molecule is C#CC(C(O)CC(=O)Oc1c(-c2ccc(F)cc2)cc(-c2ccccc2Cc2ccccc2)nc1C(C)C)[PH](=O)OC. The van der Waals surface area contributed by atoms with Crippen LogP contribution in [0.3, 0.4) is 0 Å². The average Bonchev–Trinajstić information content (AvgIpc) is 2.98. The number of hydrogen-bond donors (Lipinski definition) is 1. The van der Waals surface area contributed by atoms with Gasteiger partial charge in [0.25, 0.3) is 0 Å². The minimum Gasteiger partial charge on any atom is -0.424 e. The molecule has 1 heterocycles. The minimum atomic E-state index is -2.76. The van der Waals surface area contributed by atoms with E-state index >= 15 is 0 Å². The van der Waals surface area contributed by atoms with Crippen molar-refractivity contribution in [3.05, 3.63) is 108 Å². The van der Waals surface area contributed by atoms with Gasteiger partial charge in [-0.1, -0.05) is 86.5 Å². The van der Waals surface area contributed by atoms with E-state index < -0.39 is 38.0 Å². The first-order chi connectivity index (χ1) is 20.2. The second kappa shape index (κ2) is 14.2. The molecule has 3 atom stereocenters. The normalized spacial score (nSPS) is 13.3. The van der Waals surface area contributed by atoms with Crippen LogP contribution < -0.4 is 4.74 Å². The Balaban J connectivity index is 1.80. The first kappa shape index (κ1) is 30.9. The summed E-state index contributed by atoms with van der Waals surface area (Å²) in [5, 5.41) is 10.5. The van der Waals surface area contributed by atoms with E-state index in [9.17, 15) is 18.9 Å². The number of esters is 1. The van der Waals surface area contributed by atoms with E-state index in [2.05, 4.69) is 24.1 Å². The summed E-state index contributed by atoms with van der Waals surface area (Å²) in [5.74, 6) is 1.10. The fourth-order valence-electron chi connectivity index (χ4n) is 4.68. The molecule has 0 saturated heterocycles. The number of benzene rings is 3. The molecule has 6 nitrogen and oxygen atoms in total. The first-order valence-corrected chi connectivity index (χ1v) is 15.0. The molecule has 3 aromatic carbocycles. The Hall–Kier alpha value is -4.08. The van der Waals surface area contributed by atoms with Gasteiger partial charge in [-0.3, -0.25) is 9.36 Å². The van der Waals surface area contributed by atoms with E-state index in [4.69, 9.17) is 20.7 Å². The molecule has 0 bridgehead atoms. The van der Waals surface area contributed by atoms with Gasteiger partial charge in [0.15, 0.2) is 5.75 Å². The third-order valence-corrected chi connectivity index (χ3v) is 8.30. The molecule has 4 aromatic rings. The fourth-order valence-corrected chi connectivity index (χ4v) is 5.50. The number of hydrogen-bond acceptors (Lipinski definition) is 6. The van der Waals surface area contributed by atoms with E-state index in [1.165, 1.54) is 19.2 Å². The predicted molar refractivity (Wildman–Crippen MR) is 163 cm³/mol. The van der Waals surface area contributed by atoms with Gasteiger partial charge in [-0.15, -0.1) is 6.42 Å². The van der Waals surface area contributed by atoms with Gasteiger partial charge in [-0.25, -0.2) is 9.37 Å². The molecule has 42 heavy (non-hydrogen) atoms. The summed E-state index contributed by atoms with van der Waals surface area (Å²) in [5.41, 5.74) is 4.35. The van der Waals surface area contributed by atoms with Gasteiger partial charge in [-0.2, -0.15) is 0 Å². The topological polar surface area (TPSA) is 85.7 Å². The van der Waals surface area contributed by atoms with Crippen molar-refractivity contribution in [2.45, 2.75) is 44.4 Å². The van der Waals surface area contributed by atoms with Crippen molar-refractivity contribution < 1.29 is 28.1 Å². The van der Waals surface area contributed by atoms with Crippen LogP contribution in [0.2, 0.25) is 0 Å². The molecule has 0 aliphatic rings. The highest BCUT2D eigenvalue weighted by molar-refractivity contribution is 7.40. The molecule has 0 fully saturated rings. The molecule has 0 aliphatic carbocycles. The number of halogens is 1. The van der Waals surface area contributed by atoms with Crippen molar-refractivity contribution in [3.63, 3.8) is 0 Å². The van der Waals surface area contributed by atoms with E-state index in [0.29, 0.717) is 28.9 Å². The summed E-state index contributed by atoms with van der Waals surface area (Å²) in [7, 11) is -1.54. The zero-order chi connectivity index (χ0) is 30.2. The highest BCUT2D eigenvalue weighted by Gasteiger charge is 2.28. The summed E-state index contributed by atoms with van der Waals surface area (Å²) in [6.45, 7) is 3.86. The zero-order valence-corrected chi connectivity index (χ0v) is 24.7. The van der Waals surface area contributed by atoms with Crippen LogP contribution in [0.4, 0.5) is 4.39 Å². The lowest BCUT2D eigenvalue weighted by atomic mass is 9.94. The quantitative estimate of drug-likeness (QED) is 0.115. The maximum absolute atomic E-state index is 13.9. The summed E-state index contributed by atoms with van der Waals surface area (Å²) < 4.78 is 36.7. The monoisotopic (exact) mass is 585 g/mol. The van der Waals surface area contributed by atoms with Gasteiger partial charge >= 0.3 is 5.97 Å². The highest BCUT2D eigenvalue weighted by Crippen LogP contribution is 2.40. The number of pyridine rings is 1. The Bertz CT molecular complexity index is 1600. The van der Waals surface area contributed by atoms with Gasteiger partial charge in [0, 0.05) is 18.2 Å². The number of nitrogens with zero attached hydrogens (tertiary/aromatic N) is 1. The second-order valence-electron chi connectivity index (χ2n) is 10.2. The summed E-state index contributed by atoms with van der Waals surface area (Å²) in [4.78, 5) is 18.1. The van der Waals surface area contributed by atoms with Crippen LogP contribution in [0.25, 0.3) is 22.4 Å². The molecule has 0 aliphatic heterocycles. The predicted octanol–water partition coefficient (Wildman–Crippen LogP) is 7.05. The summed E-state index contributed by atoms with van der Waals surface area (Å²) in [6, 6.07) is 25.8. The number of rotatable bonds is 11. The van der Waals surface area contributed by atoms with Crippen LogP contribution in [-0.4, -0.2) is 34.9 Å². The van der Waals surface area contributed by atoms with Crippen LogP contribution in [0.1, 0.15) is 43.0 Å². The Kier molecular flexibility index (Phi) is 10.4. The molecule has 4 rings (SSSR count). The third kappa shape index (κ3) is 7.40. The lowest BCUT2D eigenvalue weighted by Gasteiger charge is -2.21. The number of aromatic nitrogens is 1. The zero-order valence-electron chi connectivity index (χ0n) is 23.7. The number of aliphatic hydroxyl groups is 1. The number of ether oxygens (including phenoxy) is 1. The summed E-state index contributed by atoms with van der Waals surface area (Å²) in [6.07, 6.45) is 4.19. The van der Waals surface area contributed by atoms with Gasteiger partial charge < -0.3 is 14.4 Å². The molecule has 0 spiro atoms.